The number of hydrogen-bond donors (Lipinski definition) is 2. The van der Waals surface area contributed by atoms with Crippen LogP contribution in [0.3, 0.4) is 0 Å². The monoisotopic (exact) mass is 992 g/mol. The zero-order chi connectivity index (χ0) is 49.0. The first-order chi connectivity index (χ1) is 34.1. The molecule has 20 heteroatoms. The Labute approximate surface area is 415 Å². The Kier molecular flexibility index (Phi) is 17.0. The van der Waals surface area contributed by atoms with Gasteiger partial charge in [-0.1, -0.05) is 47.5 Å². The first-order valence-corrected chi connectivity index (χ1v) is 23.6. The molecule has 0 saturated carbocycles. The molecule has 0 fully saturated rings. The van der Waals surface area contributed by atoms with Crippen molar-refractivity contribution < 1.29 is 38.0 Å². The summed E-state index contributed by atoms with van der Waals surface area (Å²) in [5, 5.41) is 24.4. The van der Waals surface area contributed by atoms with Gasteiger partial charge in [-0.2, -0.15) is 0 Å². The van der Waals surface area contributed by atoms with E-state index in [1.807, 2.05) is 108 Å². The van der Waals surface area contributed by atoms with Gasteiger partial charge in [0, 0.05) is 45.9 Å². The number of hydrogen-bond acceptors (Lipinski definition) is 14. The number of ether oxygens (including phenoxy) is 6. The molecule has 2 N–H and O–H groups in total. The summed E-state index contributed by atoms with van der Waals surface area (Å²) in [5.74, 6) is 3.44. The highest BCUT2D eigenvalue weighted by atomic mass is 35.5. The number of fused-ring (bicyclic) bond motifs is 6. The molecule has 8 rings (SSSR count). The molecular weight excluding hydrogens is 940 g/mol. The van der Waals surface area contributed by atoms with Crippen molar-refractivity contribution in [1.82, 2.24) is 40.2 Å². The quantitative estimate of drug-likeness (QED) is 0.0676. The molecule has 0 radical (unpaired) electrons. The smallest absolute Gasteiger partial charge is 0.222 e. The van der Waals surface area contributed by atoms with E-state index in [1.54, 1.807) is 14.2 Å². The van der Waals surface area contributed by atoms with Crippen molar-refractivity contribution >= 4 is 46.4 Å². The third kappa shape index (κ3) is 12.1. The van der Waals surface area contributed by atoms with E-state index in [0.29, 0.717) is 122 Å². The molecule has 2 aliphatic rings. The van der Waals surface area contributed by atoms with E-state index in [0.717, 1.165) is 33.6 Å². The standard InChI is InChI=1S/C50H54Cl2N10O8/c1-31-58-60-50-42(56-47(33-5-9-35(51)10-6-33)39-27-37(65-4)13-15-43(39)61(31)50)30-46(64)54-17-18-66-19-20-67-21-22-68-23-24-69-25-26-70-38-14-16-44-40(28-38)48(34-7-11-36(52)12-8-34)55-41(29-45(63)53-3)49-59-57-32(2)62(44)49/h5-16,27-28,41-42H,17-26,29-30H2,1-4H3,(H,53,63)(H,54,64)/t41-,42-/m0/s1. The minimum absolute atomic E-state index is 0.0535. The van der Waals surface area contributed by atoms with E-state index in [4.69, 9.17) is 61.6 Å². The average Bonchev–Trinajstić information content (AvgIpc) is 3.87. The molecule has 2 aromatic heterocycles. The topological polar surface area (TPSA) is 200 Å². The molecule has 0 unspecified atom stereocenters. The van der Waals surface area contributed by atoms with Crippen LogP contribution in [0.5, 0.6) is 11.5 Å². The van der Waals surface area contributed by atoms with Gasteiger partial charge >= 0.3 is 0 Å². The maximum Gasteiger partial charge on any atom is 0.222 e. The maximum absolute atomic E-state index is 13.3. The average molecular weight is 994 g/mol. The molecule has 0 aliphatic carbocycles. The van der Waals surface area contributed by atoms with Crippen LogP contribution in [0.25, 0.3) is 11.4 Å². The number of aliphatic imine (C=N–C) groups is 2. The van der Waals surface area contributed by atoms with Crippen molar-refractivity contribution in [3.63, 3.8) is 0 Å². The lowest BCUT2D eigenvalue weighted by Crippen LogP contribution is -2.29. The molecule has 0 saturated heterocycles. The summed E-state index contributed by atoms with van der Waals surface area (Å²) in [6.07, 6.45) is 0.157. The zero-order valence-corrected chi connectivity index (χ0v) is 40.8. The fourth-order valence-corrected chi connectivity index (χ4v) is 8.34. The predicted molar refractivity (Wildman–Crippen MR) is 263 cm³/mol. The minimum atomic E-state index is -0.611. The molecule has 2 amide bonds. The SMILES string of the molecule is CNC(=O)C[C@@H]1N=C(c2ccc(Cl)cc2)c2cc(OCCOCCOCCOCCOCCNC(=O)C[C@@H]3N=C(c4ccc(Cl)cc4)c4cc(OC)ccc4-n4c(C)nnc43)ccc2-n2c(C)nnc21. The highest BCUT2D eigenvalue weighted by molar-refractivity contribution is 6.31. The lowest BCUT2D eigenvalue weighted by Gasteiger charge is -2.15. The Bertz CT molecular complexity index is 2830. The van der Waals surface area contributed by atoms with Crippen LogP contribution in [0.1, 0.15) is 70.5 Å². The molecule has 0 bridgehead atoms. The Morgan fingerprint density at radius 3 is 1.50 bits per heavy atom. The predicted octanol–water partition coefficient (Wildman–Crippen LogP) is 6.35. The summed E-state index contributed by atoms with van der Waals surface area (Å²) in [5.41, 5.74) is 6.34. The zero-order valence-electron chi connectivity index (χ0n) is 39.3. The number of nitrogens with zero attached hydrogens (tertiary/aromatic N) is 8. The van der Waals surface area contributed by atoms with E-state index in [2.05, 4.69) is 31.0 Å². The molecule has 18 nitrogen and oxygen atoms in total. The number of benzene rings is 4. The lowest BCUT2D eigenvalue weighted by atomic mass is 10.00. The number of aryl methyl sites for hydroxylation is 2. The second-order valence-electron chi connectivity index (χ2n) is 16.2. The number of halogens is 2. The summed E-state index contributed by atoms with van der Waals surface area (Å²) in [7, 11) is 3.22. The number of methoxy groups -OCH3 is 1. The number of carbonyl (C=O) groups is 2. The Morgan fingerprint density at radius 1 is 0.571 bits per heavy atom. The Balaban J connectivity index is 0.721. The minimum Gasteiger partial charge on any atom is -0.497 e. The van der Waals surface area contributed by atoms with Crippen LogP contribution < -0.4 is 20.1 Å². The molecule has 366 valence electrons. The summed E-state index contributed by atoms with van der Waals surface area (Å²) in [6.45, 7) is 7.35. The largest absolute Gasteiger partial charge is 0.497 e. The van der Waals surface area contributed by atoms with E-state index in [1.165, 1.54) is 0 Å². The Hall–Kier alpha value is -6.54. The fourth-order valence-electron chi connectivity index (χ4n) is 8.08. The highest BCUT2D eigenvalue weighted by Crippen LogP contribution is 2.36. The fraction of sp³-hybridized carbons (Fsp3) is 0.360. The number of aromatic nitrogens is 6. The molecule has 2 atom stereocenters. The summed E-state index contributed by atoms with van der Waals surface area (Å²) < 4.78 is 38.3. The van der Waals surface area contributed by atoms with Crippen molar-refractivity contribution in [1.29, 1.82) is 0 Å². The molecule has 6 aromatic rings. The van der Waals surface area contributed by atoms with Crippen LogP contribution in [0.2, 0.25) is 10.0 Å². The molecule has 70 heavy (non-hydrogen) atoms. The second kappa shape index (κ2) is 23.9. The van der Waals surface area contributed by atoms with Gasteiger partial charge in [-0.3, -0.25) is 28.7 Å². The second-order valence-corrected chi connectivity index (χ2v) is 17.0. The highest BCUT2D eigenvalue weighted by Gasteiger charge is 2.32. The lowest BCUT2D eigenvalue weighted by molar-refractivity contribution is -0.122. The van der Waals surface area contributed by atoms with Crippen molar-refractivity contribution in [2.45, 2.75) is 38.8 Å². The molecular formula is C50H54Cl2N10O8. The summed E-state index contributed by atoms with van der Waals surface area (Å²) in [4.78, 5) is 36.0. The normalized spacial score (nSPS) is 14.8. The van der Waals surface area contributed by atoms with E-state index >= 15 is 0 Å². The summed E-state index contributed by atoms with van der Waals surface area (Å²) >= 11 is 12.5. The van der Waals surface area contributed by atoms with Crippen molar-refractivity contribution in [2.24, 2.45) is 9.98 Å². The van der Waals surface area contributed by atoms with Crippen molar-refractivity contribution in [3.05, 3.63) is 141 Å². The first-order valence-electron chi connectivity index (χ1n) is 22.9. The van der Waals surface area contributed by atoms with E-state index in [-0.39, 0.29) is 24.7 Å². The maximum atomic E-state index is 13.3. The number of carbonyl (C=O) groups excluding carboxylic acids is 2. The van der Waals surface area contributed by atoms with Crippen LogP contribution >= 0.6 is 23.2 Å². The third-order valence-electron chi connectivity index (χ3n) is 11.5. The summed E-state index contributed by atoms with van der Waals surface area (Å²) in [6, 6.07) is 25.2. The van der Waals surface area contributed by atoms with Crippen LogP contribution in [-0.4, -0.2) is 133 Å². The van der Waals surface area contributed by atoms with Crippen molar-refractivity contribution in [3.8, 4) is 22.9 Å². The van der Waals surface area contributed by atoms with Gasteiger partial charge in [-0.15, -0.1) is 20.4 Å². The molecule has 0 spiro atoms. The Morgan fingerprint density at radius 2 is 1.01 bits per heavy atom. The molecule has 2 aliphatic heterocycles. The van der Waals surface area contributed by atoms with Gasteiger partial charge in [0.1, 0.15) is 41.8 Å². The van der Waals surface area contributed by atoms with Gasteiger partial charge in [0.2, 0.25) is 11.8 Å². The number of rotatable bonds is 23. The van der Waals surface area contributed by atoms with Crippen LogP contribution in [-0.2, 0) is 28.5 Å². The third-order valence-corrected chi connectivity index (χ3v) is 12.0. The van der Waals surface area contributed by atoms with Gasteiger partial charge in [-0.05, 0) is 74.5 Å². The van der Waals surface area contributed by atoms with Gasteiger partial charge in [0.15, 0.2) is 11.6 Å². The first kappa shape index (κ1) is 49.9. The molecule has 4 aromatic carbocycles. The van der Waals surface area contributed by atoms with Crippen LogP contribution in [0.15, 0.2) is 94.9 Å². The van der Waals surface area contributed by atoms with Crippen LogP contribution in [0.4, 0.5) is 0 Å². The van der Waals surface area contributed by atoms with E-state index in [9.17, 15) is 9.59 Å². The van der Waals surface area contributed by atoms with Gasteiger partial charge < -0.3 is 39.1 Å². The molecule has 4 heterocycles. The van der Waals surface area contributed by atoms with Gasteiger partial charge in [-0.25, -0.2) is 0 Å². The van der Waals surface area contributed by atoms with Gasteiger partial charge in [0.05, 0.1) is 95.6 Å². The number of amides is 2. The number of nitrogens with one attached hydrogen (secondary N) is 2. The van der Waals surface area contributed by atoms with Crippen molar-refractivity contribution in [2.75, 3.05) is 80.2 Å². The van der Waals surface area contributed by atoms with Crippen LogP contribution in [0, 0.1) is 13.8 Å². The van der Waals surface area contributed by atoms with Gasteiger partial charge in [0.25, 0.3) is 0 Å². The van der Waals surface area contributed by atoms with E-state index < -0.39 is 12.1 Å².